The zero-order chi connectivity index (χ0) is 16.3. The Labute approximate surface area is 134 Å². The van der Waals surface area contributed by atoms with Crippen LogP contribution < -0.4 is 4.74 Å². The van der Waals surface area contributed by atoms with Crippen LogP contribution in [0.15, 0.2) is 34.7 Å². The van der Waals surface area contributed by atoms with Gasteiger partial charge in [0, 0.05) is 0 Å². The van der Waals surface area contributed by atoms with E-state index in [1.165, 1.54) is 6.07 Å². The summed E-state index contributed by atoms with van der Waals surface area (Å²) in [6.07, 6.45) is 1.01. The molecule has 22 heavy (non-hydrogen) atoms. The second-order valence-electron chi connectivity index (χ2n) is 5.74. The third kappa shape index (κ3) is 3.63. The van der Waals surface area contributed by atoms with Crippen LogP contribution >= 0.6 is 11.6 Å². The van der Waals surface area contributed by atoms with E-state index < -0.39 is 5.97 Å². The topological polar surface area (TPSA) is 59.7 Å². The van der Waals surface area contributed by atoms with Crippen molar-refractivity contribution in [3.05, 3.63) is 52.4 Å². The molecule has 0 spiro atoms. The molecule has 2 rings (SSSR count). The number of carbonyl (C=O) groups is 1. The predicted molar refractivity (Wildman–Crippen MR) is 84.8 cm³/mol. The van der Waals surface area contributed by atoms with Gasteiger partial charge in [-0.1, -0.05) is 38.4 Å². The second kappa shape index (κ2) is 6.44. The Morgan fingerprint density at radius 3 is 2.59 bits per heavy atom. The van der Waals surface area contributed by atoms with E-state index in [2.05, 4.69) is 20.8 Å². The molecule has 118 valence electrons. The molecule has 0 saturated heterocycles. The lowest BCUT2D eigenvalue weighted by atomic mass is 9.82. The molecule has 0 aliphatic heterocycles. The summed E-state index contributed by atoms with van der Waals surface area (Å²) < 4.78 is 10.7. The fourth-order valence-electron chi connectivity index (χ4n) is 1.96. The van der Waals surface area contributed by atoms with E-state index in [9.17, 15) is 4.79 Å². The van der Waals surface area contributed by atoms with Crippen molar-refractivity contribution in [2.24, 2.45) is 0 Å². The minimum Gasteiger partial charge on any atom is -0.484 e. The average molecular weight is 323 g/mol. The Hall–Kier alpha value is -1.94. The van der Waals surface area contributed by atoms with Gasteiger partial charge in [-0.3, -0.25) is 0 Å². The first-order chi connectivity index (χ1) is 10.3. The lowest BCUT2D eigenvalue weighted by Crippen LogP contribution is -2.15. The summed E-state index contributed by atoms with van der Waals surface area (Å²) in [4.78, 5) is 10.7. The normalized spacial score (nSPS) is 11.5. The van der Waals surface area contributed by atoms with Gasteiger partial charge >= 0.3 is 5.97 Å². The summed E-state index contributed by atoms with van der Waals surface area (Å²) in [5.41, 5.74) is 1.21. The van der Waals surface area contributed by atoms with Crippen LogP contribution in [0.25, 0.3) is 0 Å². The highest BCUT2D eigenvalue weighted by Gasteiger charge is 2.19. The summed E-state index contributed by atoms with van der Waals surface area (Å²) in [6.45, 7) is 6.59. The Balaban J connectivity index is 2.08. The molecule has 0 atom stereocenters. The predicted octanol–water partition coefficient (Wildman–Crippen LogP) is 4.90. The largest absolute Gasteiger partial charge is 0.484 e. The Morgan fingerprint density at radius 1 is 1.32 bits per heavy atom. The van der Waals surface area contributed by atoms with Crippen LogP contribution in [0.3, 0.4) is 0 Å². The molecule has 0 fully saturated rings. The first kappa shape index (κ1) is 16.4. The van der Waals surface area contributed by atoms with Gasteiger partial charge in [0.25, 0.3) is 0 Å². The van der Waals surface area contributed by atoms with Gasteiger partial charge < -0.3 is 14.3 Å². The number of halogens is 1. The van der Waals surface area contributed by atoms with Gasteiger partial charge in [-0.2, -0.15) is 0 Å². The fraction of sp³-hybridized carbons (Fsp3) is 0.353. The van der Waals surface area contributed by atoms with Crippen molar-refractivity contribution >= 4 is 17.6 Å². The zero-order valence-electron chi connectivity index (χ0n) is 12.9. The molecule has 0 saturated carbocycles. The number of rotatable bonds is 6. The number of carboxylic acids is 1. The standard InChI is InChI=1S/C17H19ClO4/c1-4-17(2,3)11-5-7-14(13(18)9-11)21-10-12-6-8-15(22-12)16(19)20/h5-9H,4,10H2,1-3H3,(H,19,20). The van der Waals surface area contributed by atoms with Gasteiger partial charge in [-0.05, 0) is 41.7 Å². The SMILES string of the molecule is CCC(C)(C)c1ccc(OCc2ccc(C(=O)O)o2)c(Cl)c1. The van der Waals surface area contributed by atoms with Crippen LogP contribution in [0.4, 0.5) is 0 Å². The fourth-order valence-corrected chi connectivity index (χ4v) is 2.20. The monoisotopic (exact) mass is 322 g/mol. The number of ether oxygens (including phenoxy) is 1. The lowest BCUT2D eigenvalue weighted by Gasteiger charge is -2.24. The van der Waals surface area contributed by atoms with Gasteiger partial charge in [-0.15, -0.1) is 0 Å². The minimum absolute atomic E-state index is 0.0551. The van der Waals surface area contributed by atoms with Gasteiger partial charge in [0.1, 0.15) is 18.1 Å². The molecule has 0 radical (unpaired) electrons. The van der Waals surface area contributed by atoms with Gasteiger partial charge in [0.05, 0.1) is 5.02 Å². The van der Waals surface area contributed by atoms with Crippen LogP contribution in [0.5, 0.6) is 5.75 Å². The lowest BCUT2D eigenvalue weighted by molar-refractivity contribution is 0.0658. The van der Waals surface area contributed by atoms with E-state index in [0.717, 1.165) is 12.0 Å². The van der Waals surface area contributed by atoms with Gasteiger partial charge in [0.2, 0.25) is 5.76 Å². The summed E-state index contributed by atoms with van der Waals surface area (Å²) in [5.74, 6) is -0.225. The number of carboxylic acid groups (broad SMARTS) is 1. The molecule has 2 aromatic rings. The highest BCUT2D eigenvalue weighted by atomic mass is 35.5. The Bertz CT molecular complexity index is 673. The molecular formula is C17H19ClO4. The molecule has 0 aliphatic carbocycles. The van der Waals surface area contributed by atoms with Crippen LogP contribution in [0.1, 0.15) is 49.1 Å². The smallest absolute Gasteiger partial charge is 0.371 e. The van der Waals surface area contributed by atoms with E-state index in [0.29, 0.717) is 16.5 Å². The van der Waals surface area contributed by atoms with Crippen molar-refractivity contribution in [1.29, 1.82) is 0 Å². The summed E-state index contributed by atoms with van der Waals surface area (Å²) in [5, 5.41) is 9.33. The molecule has 0 aliphatic rings. The second-order valence-corrected chi connectivity index (χ2v) is 6.15. The number of furan rings is 1. The van der Waals surface area contributed by atoms with Crippen molar-refractivity contribution in [1.82, 2.24) is 0 Å². The molecule has 0 bridgehead atoms. The molecule has 0 amide bonds. The van der Waals surface area contributed by atoms with Crippen LogP contribution in [-0.2, 0) is 12.0 Å². The summed E-state index contributed by atoms with van der Waals surface area (Å²) in [6, 6.07) is 8.71. The Morgan fingerprint density at radius 2 is 2.05 bits per heavy atom. The number of hydrogen-bond donors (Lipinski definition) is 1. The van der Waals surface area contributed by atoms with Crippen molar-refractivity contribution < 1.29 is 19.1 Å². The van der Waals surface area contributed by atoms with Crippen LogP contribution in [-0.4, -0.2) is 11.1 Å². The number of aromatic carboxylic acids is 1. The third-order valence-electron chi connectivity index (χ3n) is 3.84. The number of benzene rings is 1. The minimum atomic E-state index is -1.10. The van der Waals surface area contributed by atoms with Gasteiger partial charge in [-0.25, -0.2) is 4.79 Å². The van der Waals surface area contributed by atoms with Crippen LogP contribution in [0, 0.1) is 0 Å². The van der Waals surface area contributed by atoms with Gasteiger partial charge in [0.15, 0.2) is 0 Å². The highest BCUT2D eigenvalue weighted by Crippen LogP contribution is 2.33. The van der Waals surface area contributed by atoms with Crippen molar-refractivity contribution in [2.75, 3.05) is 0 Å². The molecule has 1 N–H and O–H groups in total. The van der Waals surface area contributed by atoms with E-state index in [1.54, 1.807) is 6.07 Å². The van der Waals surface area contributed by atoms with Crippen molar-refractivity contribution in [2.45, 2.75) is 39.2 Å². The molecule has 1 heterocycles. The molecular weight excluding hydrogens is 304 g/mol. The molecule has 1 aromatic heterocycles. The third-order valence-corrected chi connectivity index (χ3v) is 4.13. The Kier molecular flexibility index (Phi) is 4.81. The first-order valence-electron chi connectivity index (χ1n) is 7.08. The van der Waals surface area contributed by atoms with E-state index >= 15 is 0 Å². The summed E-state index contributed by atoms with van der Waals surface area (Å²) in [7, 11) is 0. The molecule has 0 unspecified atom stereocenters. The maximum atomic E-state index is 10.7. The quantitative estimate of drug-likeness (QED) is 0.822. The van der Waals surface area contributed by atoms with Crippen molar-refractivity contribution in [3.63, 3.8) is 0 Å². The maximum Gasteiger partial charge on any atom is 0.371 e. The van der Waals surface area contributed by atoms with Crippen molar-refractivity contribution in [3.8, 4) is 5.75 Å². The number of hydrogen-bond acceptors (Lipinski definition) is 3. The van der Waals surface area contributed by atoms with E-state index in [4.69, 9.17) is 25.9 Å². The average Bonchev–Trinajstić information content (AvgIpc) is 2.95. The maximum absolute atomic E-state index is 10.7. The highest BCUT2D eigenvalue weighted by molar-refractivity contribution is 6.32. The molecule has 5 heteroatoms. The molecule has 1 aromatic carbocycles. The summed E-state index contributed by atoms with van der Waals surface area (Å²) >= 11 is 6.26. The molecule has 4 nitrogen and oxygen atoms in total. The van der Waals surface area contributed by atoms with Crippen LogP contribution in [0.2, 0.25) is 5.02 Å². The van der Waals surface area contributed by atoms with E-state index in [1.807, 2.05) is 18.2 Å². The zero-order valence-corrected chi connectivity index (χ0v) is 13.6. The van der Waals surface area contributed by atoms with E-state index in [-0.39, 0.29) is 17.8 Å². The first-order valence-corrected chi connectivity index (χ1v) is 7.46.